The Bertz CT molecular complexity index is 495. The van der Waals surface area contributed by atoms with Gasteiger partial charge in [-0.1, -0.05) is 18.6 Å². The summed E-state index contributed by atoms with van der Waals surface area (Å²) in [7, 11) is 5.86. The lowest BCUT2D eigenvalue weighted by Crippen LogP contribution is -2.38. The van der Waals surface area contributed by atoms with Crippen LogP contribution >= 0.6 is 0 Å². The van der Waals surface area contributed by atoms with Gasteiger partial charge in [-0.25, -0.2) is 0 Å². The molecule has 0 amide bonds. The zero-order valence-corrected chi connectivity index (χ0v) is 13.2. The fraction of sp³-hybridized carbons (Fsp3) is 0.588. The summed E-state index contributed by atoms with van der Waals surface area (Å²) in [5.74, 6) is 1.05. The molecule has 0 aromatic heterocycles. The van der Waals surface area contributed by atoms with Gasteiger partial charge < -0.3 is 15.0 Å². The van der Waals surface area contributed by atoms with Crippen molar-refractivity contribution in [2.75, 3.05) is 27.7 Å². The second kappa shape index (κ2) is 7.44. The Morgan fingerprint density at radius 3 is 2.90 bits per heavy atom. The van der Waals surface area contributed by atoms with Crippen molar-refractivity contribution in [3.05, 3.63) is 29.8 Å². The van der Waals surface area contributed by atoms with Crippen LogP contribution in [0.5, 0.6) is 5.75 Å². The summed E-state index contributed by atoms with van der Waals surface area (Å²) in [5, 5.41) is 12.8. The van der Waals surface area contributed by atoms with Gasteiger partial charge in [0, 0.05) is 18.6 Å². The molecule has 0 aliphatic heterocycles. The van der Waals surface area contributed by atoms with Crippen molar-refractivity contribution in [2.24, 2.45) is 5.92 Å². The Morgan fingerprint density at radius 2 is 2.24 bits per heavy atom. The second-order valence-corrected chi connectivity index (χ2v) is 5.94. The number of hydrogen-bond donors (Lipinski definition) is 1. The molecule has 0 bridgehead atoms. The number of ether oxygens (including phenoxy) is 1. The molecular formula is C17H25N3O. The molecule has 1 aliphatic rings. The number of likely N-dealkylation sites (N-methyl/N-ethyl adjacent to an activating group) is 1. The highest BCUT2D eigenvalue weighted by atomic mass is 16.5. The largest absolute Gasteiger partial charge is 0.497 e. The number of nitrogens with zero attached hydrogens (tertiary/aromatic N) is 2. The van der Waals surface area contributed by atoms with E-state index in [1.54, 1.807) is 7.11 Å². The van der Waals surface area contributed by atoms with Crippen LogP contribution in [0.25, 0.3) is 0 Å². The van der Waals surface area contributed by atoms with Crippen molar-refractivity contribution in [3.63, 3.8) is 0 Å². The summed E-state index contributed by atoms with van der Waals surface area (Å²) >= 11 is 0. The molecule has 4 heteroatoms. The van der Waals surface area contributed by atoms with Crippen molar-refractivity contribution in [2.45, 2.75) is 31.3 Å². The molecule has 4 nitrogen and oxygen atoms in total. The fourth-order valence-corrected chi connectivity index (χ4v) is 3.07. The van der Waals surface area contributed by atoms with E-state index in [1.165, 1.54) is 5.56 Å². The first-order valence-electron chi connectivity index (χ1n) is 7.59. The van der Waals surface area contributed by atoms with Gasteiger partial charge in [-0.15, -0.1) is 0 Å². The number of benzene rings is 1. The normalized spacial score (nSPS) is 23.0. The van der Waals surface area contributed by atoms with Crippen LogP contribution in [0.15, 0.2) is 24.3 Å². The lowest BCUT2D eigenvalue weighted by atomic mass is 10.0. The van der Waals surface area contributed by atoms with Crippen molar-refractivity contribution >= 4 is 0 Å². The molecule has 1 fully saturated rings. The minimum absolute atomic E-state index is 0.165. The molecule has 21 heavy (non-hydrogen) atoms. The summed E-state index contributed by atoms with van der Waals surface area (Å²) in [6.45, 7) is 0.850. The first-order chi connectivity index (χ1) is 10.2. The van der Waals surface area contributed by atoms with Crippen molar-refractivity contribution < 1.29 is 4.74 Å². The predicted octanol–water partition coefficient (Wildman–Crippen LogP) is 2.58. The van der Waals surface area contributed by atoms with Crippen LogP contribution in [0.4, 0.5) is 0 Å². The Morgan fingerprint density at radius 1 is 1.43 bits per heavy atom. The topological polar surface area (TPSA) is 48.3 Å². The molecule has 0 heterocycles. The number of nitriles is 1. The Balaban J connectivity index is 2.04. The number of methoxy groups -OCH3 is 1. The fourth-order valence-electron chi connectivity index (χ4n) is 3.07. The SMILES string of the molecule is COc1cccc(C(CNC2CCCC2C#N)N(C)C)c1. The van der Waals surface area contributed by atoms with Gasteiger partial charge in [0.05, 0.1) is 19.1 Å². The second-order valence-electron chi connectivity index (χ2n) is 5.94. The summed E-state index contributed by atoms with van der Waals surface area (Å²) in [4.78, 5) is 2.21. The quantitative estimate of drug-likeness (QED) is 0.873. The van der Waals surface area contributed by atoms with Crippen molar-refractivity contribution in [1.29, 1.82) is 5.26 Å². The zero-order valence-electron chi connectivity index (χ0n) is 13.2. The molecule has 0 saturated heterocycles. The van der Waals surface area contributed by atoms with E-state index in [-0.39, 0.29) is 12.0 Å². The van der Waals surface area contributed by atoms with Gasteiger partial charge >= 0.3 is 0 Å². The van der Waals surface area contributed by atoms with Gasteiger partial charge in [0.2, 0.25) is 0 Å². The maximum atomic E-state index is 9.18. The summed E-state index contributed by atoms with van der Waals surface area (Å²) in [5.41, 5.74) is 1.23. The average molecular weight is 287 g/mol. The van der Waals surface area contributed by atoms with Crippen molar-refractivity contribution in [3.8, 4) is 11.8 Å². The molecule has 2 rings (SSSR count). The smallest absolute Gasteiger partial charge is 0.119 e. The lowest BCUT2D eigenvalue weighted by Gasteiger charge is -2.27. The van der Waals surface area contributed by atoms with Crippen LogP contribution < -0.4 is 10.1 Å². The van der Waals surface area contributed by atoms with E-state index in [0.29, 0.717) is 6.04 Å². The van der Waals surface area contributed by atoms with Gasteiger partial charge in [0.1, 0.15) is 5.75 Å². The van der Waals surface area contributed by atoms with Crippen molar-refractivity contribution in [1.82, 2.24) is 10.2 Å². The van der Waals surface area contributed by atoms with Crippen LogP contribution in [0.2, 0.25) is 0 Å². The van der Waals surface area contributed by atoms with E-state index in [1.807, 2.05) is 12.1 Å². The maximum absolute atomic E-state index is 9.18. The minimum Gasteiger partial charge on any atom is -0.497 e. The van der Waals surface area contributed by atoms with E-state index in [4.69, 9.17) is 4.74 Å². The number of nitrogens with one attached hydrogen (secondary N) is 1. The van der Waals surface area contributed by atoms with Gasteiger partial charge in [0.25, 0.3) is 0 Å². The molecule has 1 aliphatic carbocycles. The average Bonchev–Trinajstić information content (AvgIpc) is 2.95. The predicted molar refractivity (Wildman–Crippen MR) is 84.2 cm³/mol. The van der Waals surface area contributed by atoms with Crippen LogP contribution in [0, 0.1) is 17.2 Å². The lowest BCUT2D eigenvalue weighted by molar-refractivity contribution is 0.274. The van der Waals surface area contributed by atoms with E-state index in [0.717, 1.165) is 31.6 Å². The first kappa shape index (κ1) is 15.8. The number of hydrogen-bond acceptors (Lipinski definition) is 4. The molecule has 1 N–H and O–H groups in total. The monoisotopic (exact) mass is 287 g/mol. The molecule has 1 saturated carbocycles. The van der Waals surface area contributed by atoms with Gasteiger partial charge in [-0.05, 0) is 44.6 Å². The standard InChI is InChI=1S/C17H25N3O/c1-20(2)17(13-6-4-8-15(10-13)21-3)12-19-16-9-5-7-14(16)11-18/h4,6,8,10,14,16-17,19H,5,7,9,12H2,1-3H3. The summed E-state index contributed by atoms with van der Waals surface area (Å²) in [6, 6.07) is 11.2. The van der Waals surface area contributed by atoms with Crippen LogP contribution in [-0.4, -0.2) is 38.7 Å². The van der Waals surface area contributed by atoms with Gasteiger partial charge in [-0.2, -0.15) is 5.26 Å². The minimum atomic E-state index is 0.165. The molecular weight excluding hydrogens is 262 g/mol. The Labute approximate surface area is 127 Å². The Hall–Kier alpha value is -1.57. The van der Waals surface area contributed by atoms with E-state index >= 15 is 0 Å². The molecule has 3 atom stereocenters. The molecule has 114 valence electrons. The molecule has 1 aromatic rings. The summed E-state index contributed by atoms with van der Waals surface area (Å²) in [6.07, 6.45) is 3.29. The first-order valence-corrected chi connectivity index (χ1v) is 7.59. The van der Waals surface area contributed by atoms with E-state index in [9.17, 15) is 5.26 Å². The van der Waals surface area contributed by atoms with Crippen LogP contribution in [-0.2, 0) is 0 Å². The third kappa shape index (κ3) is 3.96. The third-order valence-electron chi connectivity index (χ3n) is 4.36. The highest BCUT2D eigenvalue weighted by molar-refractivity contribution is 5.30. The third-order valence-corrected chi connectivity index (χ3v) is 4.36. The molecule has 1 aromatic carbocycles. The Kier molecular flexibility index (Phi) is 5.60. The van der Waals surface area contributed by atoms with Gasteiger partial charge in [0.15, 0.2) is 0 Å². The summed E-state index contributed by atoms with van der Waals surface area (Å²) < 4.78 is 5.32. The zero-order chi connectivity index (χ0) is 15.2. The van der Waals surface area contributed by atoms with Crippen LogP contribution in [0.3, 0.4) is 0 Å². The van der Waals surface area contributed by atoms with Crippen LogP contribution in [0.1, 0.15) is 30.9 Å². The molecule has 0 radical (unpaired) electrons. The molecule has 3 unspecified atom stereocenters. The highest BCUT2D eigenvalue weighted by Gasteiger charge is 2.27. The maximum Gasteiger partial charge on any atom is 0.119 e. The highest BCUT2D eigenvalue weighted by Crippen LogP contribution is 2.27. The van der Waals surface area contributed by atoms with E-state index in [2.05, 4.69) is 42.5 Å². The van der Waals surface area contributed by atoms with Gasteiger partial charge in [-0.3, -0.25) is 0 Å². The number of rotatable bonds is 6. The van der Waals surface area contributed by atoms with E-state index < -0.39 is 0 Å². The molecule has 0 spiro atoms.